The van der Waals surface area contributed by atoms with Crippen molar-refractivity contribution < 1.29 is 37.7 Å². The zero-order valence-electron chi connectivity index (χ0n) is 25.9. The van der Waals surface area contributed by atoms with Crippen LogP contribution >= 0.6 is 11.3 Å². The second-order valence-electron chi connectivity index (χ2n) is 12.7. The predicted molar refractivity (Wildman–Crippen MR) is 165 cm³/mol. The fourth-order valence-electron chi connectivity index (χ4n) is 6.53. The van der Waals surface area contributed by atoms with Gasteiger partial charge in [-0.05, 0) is 87.6 Å². The molecule has 0 radical (unpaired) electrons. The van der Waals surface area contributed by atoms with Gasteiger partial charge in [0.2, 0.25) is 5.91 Å². The maximum atomic E-state index is 14.0. The second-order valence-corrected chi connectivity index (χ2v) is 13.8. The molecule has 11 heteroatoms. The number of anilines is 1. The van der Waals surface area contributed by atoms with Crippen LogP contribution in [-0.2, 0) is 20.8 Å². The largest absolute Gasteiger partial charge is 0.478 e. The molecule has 242 valence electrons. The van der Waals surface area contributed by atoms with Crippen LogP contribution in [0, 0.1) is 11.8 Å². The summed E-state index contributed by atoms with van der Waals surface area (Å²) < 4.78 is 45.2. The third-order valence-corrected chi connectivity index (χ3v) is 10.0. The van der Waals surface area contributed by atoms with Crippen LogP contribution in [0.15, 0.2) is 24.3 Å². The minimum absolute atomic E-state index is 0.0440. The Labute approximate surface area is 262 Å². The number of benzene rings is 1. The van der Waals surface area contributed by atoms with Gasteiger partial charge in [0.25, 0.3) is 5.92 Å². The molecule has 8 nitrogen and oxygen atoms in total. The van der Waals surface area contributed by atoms with Crippen molar-refractivity contribution in [3.05, 3.63) is 40.3 Å². The highest BCUT2D eigenvalue weighted by Gasteiger charge is 2.37. The number of carboxylic acids is 1. The number of carbonyl (C=O) groups excluding carboxylic acids is 1. The van der Waals surface area contributed by atoms with Gasteiger partial charge in [-0.2, -0.15) is 0 Å². The van der Waals surface area contributed by atoms with E-state index in [1.807, 2.05) is 0 Å². The van der Waals surface area contributed by atoms with Gasteiger partial charge in [-0.25, -0.2) is 13.6 Å². The summed E-state index contributed by atoms with van der Waals surface area (Å²) in [6.45, 7) is 3.38. The smallest absolute Gasteiger partial charge is 0.337 e. The highest BCUT2D eigenvalue weighted by Crippen LogP contribution is 2.49. The molecule has 2 aromatic rings. The van der Waals surface area contributed by atoms with Crippen molar-refractivity contribution in [3.63, 3.8) is 0 Å². The lowest BCUT2D eigenvalue weighted by molar-refractivity contribution is -0.124. The molecular weight excluding hydrogens is 590 g/mol. The Bertz CT molecular complexity index is 1300. The van der Waals surface area contributed by atoms with Crippen molar-refractivity contribution in [2.75, 3.05) is 45.4 Å². The van der Waals surface area contributed by atoms with Gasteiger partial charge in [0.15, 0.2) is 5.06 Å². The number of piperidine rings is 1. The normalized spacial score (nSPS) is 22.2. The molecule has 2 aliphatic carbocycles. The summed E-state index contributed by atoms with van der Waals surface area (Å²) in [5.41, 5.74) is 1.28. The van der Waals surface area contributed by atoms with Crippen molar-refractivity contribution in [2.45, 2.75) is 82.7 Å². The van der Waals surface area contributed by atoms with E-state index in [1.165, 1.54) is 17.4 Å². The van der Waals surface area contributed by atoms with Crippen molar-refractivity contribution in [2.24, 2.45) is 11.8 Å². The van der Waals surface area contributed by atoms with E-state index in [0.717, 1.165) is 49.0 Å². The van der Waals surface area contributed by atoms with Crippen molar-refractivity contribution in [3.8, 4) is 10.8 Å². The Kier molecular flexibility index (Phi) is 10.6. The van der Waals surface area contributed by atoms with E-state index in [-0.39, 0.29) is 49.3 Å². The van der Waals surface area contributed by atoms with Crippen LogP contribution in [0.5, 0.6) is 10.8 Å². The van der Waals surface area contributed by atoms with E-state index < -0.39 is 17.9 Å². The fourth-order valence-corrected chi connectivity index (χ4v) is 7.68. The SMILES string of the molecule is COCC(COC)N(C(=O)C1CCC(C)CC1)c1ccc(Oc2sc(CN3CCCC(F)(F)C3)cc2C2CC2)cc1C(=O)O. The maximum absolute atomic E-state index is 14.0. The molecule has 1 aliphatic heterocycles. The first-order valence-corrected chi connectivity index (χ1v) is 16.5. The quantitative estimate of drug-likeness (QED) is 0.250. The topological polar surface area (TPSA) is 88.5 Å². The molecule has 5 rings (SSSR count). The molecule has 1 aromatic heterocycles. The first-order chi connectivity index (χ1) is 21.1. The van der Waals surface area contributed by atoms with Crippen LogP contribution in [0.1, 0.15) is 85.0 Å². The number of carboxylic acid groups (broad SMARTS) is 1. The number of nitrogens with zero attached hydrogens (tertiary/aromatic N) is 2. The molecular formula is C33H44F2N2O6S. The molecule has 1 aromatic carbocycles. The Morgan fingerprint density at radius 1 is 1.09 bits per heavy atom. The van der Waals surface area contributed by atoms with E-state index in [4.69, 9.17) is 14.2 Å². The first-order valence-electron chi connectivity index (χ1n) is 15.7. The molecule has 1 saturated heterocycles. The highest BCUT2D eigenvalue weighted by atomic mass is 32.1. The molecule has 44 heavy (non-hydrogen) atoms. The monoisotopic (exact) mass is 634 g/mol. The van der Waals surface area contributed by atoms with Gasteiger partial charge in [-0.3, -0.25) is 9.69 Å². The molecule has 0 unspecified atom stereocenters. The van der Waals surface area contributed by atoms with Crippen molar-refractivity contribution in [1.82, 2.24) is 4.90 Å². The minimum atomic E-state index is -2.67. The molecule has 0 bridgehead atoms. The lowest BCUT2D eigenvalue weighted by Crippen LogP contribution is -2.49. The summed E-state index contributed by atoms with van der Waals surface area (Å²) in [6.07, 6.45) is 5.88. The number of carbonyl (C=O) groups is 2. The van der Waals surface area contributed by atoms with Gasteiger partial charge in [0.05, 0.1) is 37.1 Å². The number of halogens is 2. The van der Waals surface area contributed by atoms with E-state index in [1.54, 1.807) is 36.2 Å². The third kappa shape index (κ3) is 7.97. The van der Waals surface area contributed by atoms with Crippen LogP contribution in [-0.4, -0.2) is 74.4 Å². The zero-order valence-corrected chi connectivity index (χ0v) is 26.7. The first kappa shape index (κ1) is 32.8. The fraction of sp³-hybridized carbons (Fsp3) is 0.636. The number of alkyl halides is 2. The number of amides is 1. The van der Waals surface area contributed by atoms with Gasteiger partial charge < -0.3 is 24.2 Å². The molecule has 3 aliphatic rings. The number of thiophene rings is 1. The zero-order chi connectivity index (χ0) is 31.4. The summed E-state index contributed by atoms with van der Waals surface area (Å²) in [7, 11) is 3.10. The van der Waals surface area contributed by atoms with E-state index >= 15 is 0 Å². The molecule has 2 heterocycles. The number of ether oxygens (including phenoxy) is 3. The van der Waals surface area contributed by atoms with Crippen molar-refractivity contribution in [1.29, 1.82) is 0 Å². The number of methoxy groups -OCH3 is 2. The molecule has 3 fully saturated rings. The summed E-state index contributed by atoms with van der Waals surface area (Å²) in [5.74, 6) is -2.90. The Hall–Kier alpha value is -2.60. The van der Waals surface area contributed by atoms with Gasteiger partial charge >= 0.3 is 5.97 Å². The lowest BCUT2D eigenvalue weighted by atomic mass is 9.82. The van der Waals surface area contributed by atoms with Gasteiger partial charge in [-0.1, -0.05) is 6.92 Å². The Morgan fingerprint density at radius 3 is 2.41 bits per heavy atom. The van der Waals surface area contributed by atoms with Crippen LogP contribution < -0.4 is 9.64 Å². The molecule has 0 atom stereocenters. The number of likely N-dealkylation sites (tertiary alicyclic amines) is 1. The van der Waals surface area contributed by atoms with E-state index in [2.05, 4.69) is 13.0 Å². The summed E-state index contributed by atoms with van der Waals surface area (Å²) in [5, 5.41) is 11.0. The number of hydrogen-bond donors (Lipinski definition) is 1. The average Bonchev–Trinajstić information content (AvgIpc) is 3.75. The molecule has 2 saturated carbocycles. The number of rotatable bonds is 13. The van der Waals surface area contributed by atoms with E-state index in [0.29, 0.717) is 42.2 Å². The third-order valence-electron chi connectivity index (χ3n) is 9.00. The van der Waals surface area contributed by atoms with Gasteiger partial charge in [0.1, 0.15) is 5.75 Å². The van der Waals surface area contributed by atoms with Gasteiger partial charge in [-0.15, -0.1) is 11.3 Å². The Morgan fingerprint density at radius 2 is 1.80 bits per heavy atom. The van der Waals surface area contributed by atoms with Gasteiger partial charge in [0, 0.05) is 43.5 Å². The summed E-state index contributed by atoms with van der Waals surface area (Å²) >= 11 is 1.43. The summed E-state index contributed by atoms with van der Waals surface area (Å²) in [4.78, 5) is 31.0. The van der Waals surface area contributed by atoms with Crippen LogP contribution in [0.4, 0.5) is 14.5 Å². The predicted octanol–water partition coefficient (Wildman–Crippen LogP) is 7.17. The number of aromatic carboxylic acids is 1. The van der Waals surface area contributed by atoms with Crippen molar-refractivity contribution >= 4 is 28.9 Å². The molecule has 0 spiro atoms. The average molecular weight is 635 g/mol. The van der Waals surface area contributed by atoms with Crippen LogP contribution in [0.25, 0.3) is 0 Å². The Balaban J connectivity index is 1.43. The molecule has 1 amide bonds. The molecule has 1 N–H and O–H groups in total. The highest BCUT2D eigenvalue weighted by molar-refractivity contribution is 7.14. The standard InChI is InChI=1S/C33H44F2N2O6S/c1-21-5-7-23(8-6-21)30(38)37(24(18-41-2)19-42-3)29-12-11-25(15-28(29)31(39)40)43-32-27(22-9-10-22)16-26(44-32)17-36-14-4-13-33(34,35)20-36/h11-12,15-16,21-24H,4-10,13-14,17-20H2,1-3H3,(H,39,40). The lowest BCUT2D eigenvalue weighted by Gasteiger charge is -2.36. The second kappa shape index (κ2) is 14.2. The minimum Gasteiger partial charge on any atom is -0.478 e. The van der Waals surface area contributed by atoms with E-state index in [9.17, 15) is 23.5 Å². The number of hydrogen-bond acceptors (Lipinski definition) is 7. The van der Waals surface area contributed by atoms with Crippen LogP contribution in [0.2, 0.25) is 0 Å². The summed E-state index contributed by atoms with van der Waals surface area (Å²) in [6, 6.07) is 6.36. The maximum Gasteiger partial charge on any atom is 0.337 e. The van der Waals surface area contributed by atoms with Crippen LogP contribution in [0.3, 0.4) is 0 Å².